The largest absolute Gasteiger partial charge is 0.363 e. The van der Waals surface area contributed by atoms with E-state index in [0.717, 1.165) is 5.56 Å². The van der Waals surface area contributed by atoms with Crippen molar-refractivity contribution in [2.75, 3.05) is 11.9 Å². The Morgan fingerprint density at radius 3 is 3.00 bits per heavy atom. The van der Waals surface area contributed by atoms with Crippen molar-refractivity contribution in [3.05, 3.63) is 47.2 Å². The Morgan fingerprint density at radius 2 is 2.28 bits per heavy atom. The smallest absolute Gasteiger partial charge is 0.320 e. The molecule has 2 rings (SSSR count). The number of urea groups is 1. The van der Waals surface area contributed by atoms with Crippen molar-refractivity contribution in [1.82, 2.24) is 10.5 Å². The second-order valence-electron chi connectivity index (χ2n) is 3.65. The molecule has 94 valence electrons. The lowest BCUT2D eigenvalue weighted by Crippen LogP contribution is -2.30. The molecule has 0 spiro atoms. The van der Waals surface area contributed by atoms with E-state index < -0.39 is 0 Å². The standard InChI is InChI=1S/C12H12ClN3O2/c13-10-3-1-2-9(8-10)4-6-14-12(17)15-11-5-7-18-16-11/h1-3,5,7-8H,4,6H2,(H2,14,15,16,17). The quantitative estimate of drug-likeness (QED) is 0.893. The van der Waals surface area contributed by atoms with Crippen molar-refractivity contribution in [2.24, 2.45) is 0 Å². The molecule has 6 heteroatoms. The van der Waals surface area contributed by atoms with Crippen molar-refractivity contribution in [3.8, 4) is 0 Å². The van der Waals surface area contributed by atoms with E-state index in [-0.39, 0.29) is 6.03 Å². The van der Waals surface area contributed by atoms with Crippen LogP contribution in [-0.2, 0) is 6.42 Å². The van der Waals surface area contributed by atoms with Crippen molar-refractivity contribution in [1.29, 1.82) is 0 Å². The van der Waals surface area contributed by atoms with E-state index in [2.05, 4.69) is 20.3 Å². The Balaban J connectivity index is 1.73. The third-order valence-corrected chi connectivity index (χ3v) is 2.50. The fourth-order valence-electron chi connectivity index (χ4n) is 1.45. The molecule has 1 heterocycles. The SMILES string of the molecule is O=C(NCCc1cccc(Cl)c1)Nc1ccon1. The monoisotopic (exact) mass is 265 g/mol. The summed E-state index contributed by atoms with van der Waals surface area (Å²) in [7, 11) is 0. The van der Waals surface area contributed by atoms with Gasteiger partial charge in [0.1, 0.15) is 6.26 Å². The number of benzene rings is 1. The van der Waals surface area contributed by atoms with E-state index >= 15 is 0 Å². The lowest BCUT2D eigenvalue weighted by atomic mass is 10.1. The van der Waals surface area contributed by atoms with Crippen molar-refractivity contribution >= 4 is 23.4 Å². The third kappa shape index (κ3) is 3.78. The van der Waals surface area contributed by atoms with Crippen LogP contribution in [0.1, 0.15) is 5.56 Å². The molecular formula is C12H12ClN3O2. The van der Waals surface area contributed by atoms with Gasteiger partial charge in [-0.1, -0.05) is 28.9 Å². The van der Waals surface area contributed by atoms with Crippen molar-refractivity contribution < 1.29 is 9.32 Å². The van der Waals surface area contributed by atoms with Crippen LogP contribution in [-0.4, -0.2) is 17.7 Å². The first-order valence-electron chi connectivity index (χ1n) is 5.44. The van der Waals surface area contributed by atoms with E-state index in [1.807, 2.05) is 24.3 Å². The van der Waals surface area contributed by atoms with Gasteiger partial charge in [0.05, 0.1) is 0 Å². The summed E-state index contributed by atoms with van der Waals surface area (Å²) in [5.41, 5.74) is 1.07. The normalized spacial score (nSPS) is 10.1. The fraction of sp³-hybridized carbons (Fsp3) is 0.167. The molecule has 1 aromatic carbocycles. The van der Waals surface area contributed by atoms with Crippen LogP contribution in [0, 0.1) is 0 Å². The second-order valence-corrected chi connectivity index (χ2v) is 4.08. The Kier molecular flexibility index (Phi) is 4.20. The first-order valence-corrected chi connectivity index (χ1v) is 5.81. The minimum absolute atomic E-state index is 0.314. The van der Waals surface area contributed by atoms with Crippen molar-refractivity contribution in [3.63, 3.8) is 0 Å². The van der Waals surface area contributed by atoms with E-state index in [1.165, 1.54) is 6.26 Å². The Hall–Kier alpha value is -2.01. The van der Waals surface area contributed by atoms with Gasteiger partial charge in [-0.25, -0.2) is 4.79 Å². The number of aromatic nitrogens is 1. The Labute approximate surface area is 109 Å². The van der Waals surface area contributed by atoms with Crippen LogP contribution in [0.3, 0.4) is 0 Å². The van der Waals surface area contributed by atoms with Crippen LogP contribution < -0.4 is 10.6 Å². The average molecular weight is 266 g/mol. The minimum Gasteiger partial charge on any atom is -0.363 e. The summed E-state index contributed by atoms with van der Waals surface area (Å²) in [6.45, 7) is 0.518. The molecular weight excluding hydrogens is 254 g/mol. The number of nitrogens with zero attached hydrogens (tertiary/aromatic N) is 1. The topological polar surface area (TPSA) is 67.2 Å². The lowest BCUT2D eigenvalue weighted by molar-refractivity contribution is 0.252. The molecule has 0 unspecified atom stereocenters. The maximum atomic E-state index is 11.4. The molecule has 2 amide bonds. The van der Waals surface area contributed by atoms with Gasteiger partial charge in [0.25, 0.3) is 0 Å². The zero-order chi connectivity index (χ0) is 12.8. The molecule has 1 aromatic heterocycles. The van der Waals surface area contributed by atoms with Gasteiger partial charge in [-0.05, 0) is 24.1 Å². The number of anilines is 1. The predicted molar refractivity (Wildman–Crippen MR) is 68.7 cm³/mol. The summed E-state index contributed by atoms with van der Waals surface area (Å²) in [5.74, 6) is 0.384. The number of carbonyl (C=O) groups excluding carboxylic acids is 1. The average Bonchev–Trinajstić information content (AvgIpc) is 2.82. The first kappa shape index (κ1) is 12.4. The molecule has 0 aliphatic heterocycles. The molecule has 5 nitrogen and oxygen atoms in total. The van der Waals surface area contributed by atoms with Crippen LogP contribution in [0.4, 0.5) is 10.6 Å². The maximum Gasteiger partial charge on any atom is 0.320 e. The number of nitrogens with one attached hydrogen (secondary N) is 2. The summed E-state index contributed by atoms with van der Waals surface area (Å²) < 4.78 is 4.60. The number of amides is 2. The highest BCUT2D eigenvalue weighted by atomic mass is 35.5. The molecule has 0 atom stereocenters. The number of hydrogen-bond acceptors (Lipinski definition) is 3. The first-order chi connectivity index (χ1) is 8.74. The van der Waals surface area contributed by atoms with Gasteiger partial charge in [0.15, 0.2) is 5.82 Å². The van der Waals surface area contributed by atoms with Crippen LogP contribution in [0.15, 0.2) is 41.1 Å². The second kappa shape index (κ2) is 6.07. The van der Waals surface area contributed by atoms with Gasteiger partial charge in [0, 0.05) is 17.6 Å². The number of hydrogen-bond donors (Lipinski definition) is 2. The molecule has 0 radical (unpaired) electrons. The van der Waals surface area contributed by atoms with E-state index in [0.29, 0.717) is 23.8 Å². The molecule has 0 aliphatic carbocycles. The molecule has 0 fully saturated rings. The molecule has 18 heavy (non-hydrogen) atoms. The summed E-state index contributed by atoms with van der Waals surface area (Å²) in [4.78, 5) is 11.4. The molecule has 0 saturated carbocycles. The molecule has 2 aromatic rings. The van der Waals surface area contributed by atoms with Crippen LogP contribution in [0.5, 0.6) is 0 Å². The highest BCUT2D eigenvalue weighted by Gasteiger charge is 2.03. The third-order valence-electron chi connectivity index (χ3n) is 2.27. The summed E-state index contributed by atoms with van der Waals surface area (Å²) in [6.07, 6.45) is 2.11. The van der Waals surface area contributed by atoms with Gasteiger partial charge in [-0.3, -0.25) is 5.32 Å². The molecule has 2 N–H and O–H groups in total. The van der Waals surface area contributed by atoms with Gasteiger partial charge in [-0.15, -0.1) is 0 Å². The fourth-order valence-corrected chi connectivity index (χ4v) is 1.66. The lowest BCUT2D eigenvalue weighted by Gasteiger charge is -2.05. The molecule has 0 saturated heterocycles. The Morgan fingerprint density at radius 1 is 1.39 bits per heavy atom. The zero-order valence-corrected chi connectivity index (χ0v) is 10.3. The van der Waals surface area contributed by atoms with Crippen LogP contribution >= 0.6 is 11.6 Å². The highest BCUT2D eigenvalue weighted by Crippen LogP contribution is 2.10. The number of rotatable bonds is 4. The van der Waals surface area contributed by atoms with Gasteiger partial charge >= 0.3 is 6.03 Å². The van der Waals surface area contributed by atoms with E-state index in [9.17, 15) is 4.79 Å². The van der Waals surface area contributed by atoms with Gasteiger partial charge in [0.2, 0.25) is 0 Å². The molecule has 0 bridgehead atoms. The van der Waals surface area contributed by atoms with Gasteiger partial charge in [-0.2, -0.15) is 0 Å². The van der Waals surface area contributed by atoms with Crippen LogP contribution in [0.2, 0.25) is 5.02 Å². The number of halogens is 1. The van der Waals surface area contributed by atoms with E-state index in [1.54, 1.807) is 6.07 Å². The zero-order valence-electron chi connectivity index (χ0n) is 9.52. The summed E-state index contributed by atoms with van der Waals surface area (Å²) in [5, 5.41) is 9.52. The van der Waals surface area contributed by atoms with Crippen LogP contribution in [0.25, 0.3) is 0 Å². The minimum atomic E-state index is -0.314. The van der Waals surface area contributed by atoms with E-state index in [4.69, 9.17) is 11.6 Å². The number of carbonyl (C=O) groups is 1. The maximum absolute atomic E-state index is 11.4. The predicted octanol–water partition coefficient (Wildman–Crippen LogP) is 2.69. The Bertz CT molecular complexity index is 514. The molecule has 0 aliphatic rings. The summed E-state index contributed by atoms with van der Waals surface area (Å²) in [6, 6.07) is 8.78. The summed E-state index contributed by atoms with van der Waals surface area (Å²) >= 11 is 5.86. The highest BCUT2D eigenvalue weighted by molar-refractivity contribution is 6.30. The van der Waals surface area contributed by atoms with Crippen molar-refractivity contribution in [2.45, 2.75) is 6.42 Å². The van der Waals surface area contributed by atoms with Gasteiger partial charge < -0.3 is 9.84 Å².